The molecule has 0 amide bonds. The van der Waals surface area contributed by atoms with Crippen LogP contribution in [0, 0.1) is 0 Å². The molecule has 0 saturated heterocycles. The van der Waals surface area contributed by atoms with E-state index in [0.717, 1.165) is 16.8 Å². The molecule has 27 heavy (non-hydrogen) atoms. The second-order valence-electron chi connectivity index (χ2n) is 6.08. The predicted molar refractivity (Wildman–Crippen MR) is 107 cm³/mol. The van der Waals surface area contributed by atoms with Gasteiger partial charge in [-0.1, -0.05) is 78.3 Å². The Kier molecular flexibility index (Phi) is 6.87. The van der Waals surface area contributed by atoms with Crippen LogP contribution < -0.4 is 10.4 Å². The maximum absolute atomic E-state index is 8.92. The largest absolute Gasteiger partial charge is 0.554 e. The summed E-state index contributed by atoms with van der Waals surface area (Å²) in [7, 11) is -1.31. The maximum atomic E-state index is 8.92. The maximum Gasteiger partial charge on any atom is 0.554 e. The van der Waals surface area contributed by atoms with Crippen LogP contribution in [0.2, 0.25) is 5.02 Å². The minimum Gasteiger partial charge on any atom is -0.362 e. The van der Waals surface area contributed by atoms with Gasteiger partial charge in [0, 0.05) is 13.1 Å². The zero-order valence-corrected chi connectivity index (χ0v) is 15.3. The van der Waals surface area contributed by atoms with Gasteiger partial charge in [0.1, 0.15) is 0 Å². The Hall–Kier alpha value is -2.35. The summed E-state index contributed by atoms with van der Waals surface area (Å²) in [6.07, 6.45) is 0. The fourth-order valence-electron chi connectivity index (χ4n) is 2.89. The van der Waals surface area contributed by atoms with Crippen molar-refractivity contribution in [1.82, 2.24) is 0 Å². The first kappa shape index (κ1) is 19.4. The third kappa shape index (κ3) is 5.10. The van der Waals surface area contributed by atoms with Crippen LogP contribution in [0.3, 0.4) is 0 Å². The average molecular weight is 384 g/mol. The van der Waals surface area contributed by atoms with Gasteiger partial charge in [0.05, 0.1) is 10.7 Å². The SMILES string of the molecule is OOB(OO)c1ccc(Cl)c(N(Cc2ccccc2)Cc2ccccc2)c1. The summed E-state index contributed by atoms with van der Waals surface area (Å²) in [5.41, 5.74) is 3.43. The van der Waals surface area contributed by atoms with Crippen molar-refractivity contribution in [3.8, 4) is 0 Å². The third-order valence-electron chi connectivity index (χ3n) is 4.21. The van der Waals surface area contributed by atoms with E-state index in [2.05, 4.69) is 14.5 Å². The van der Waals surface area contributed by atoms with Gasteiger partial charge >= 0.3 is 7.12 Å². The van der Waals surface area contributed by atoms with Crippen LogP contribution in [-0.4, -0.2) is 17.6 Å². The van der Waals surface area contributed by atoms with Crippen molar-refractivity contribution in [3.63, 3.8) is 0 Å². The lowest BCUT2D eigenvalue weighted by Gasteiger charge is -2.27. The quantitative estimate of drug-likeness (QED) is 0.346. The molecule has 0 atom stereocenters. The van der Waals surface area contributed by atoms with E-state index in [-0.39, 0.29) is 0 Å². The summed E-state index contributed by atoms with van der Waals surface area (Å²) in [5.74, 6) is 0. The molecule has 0 spiro atoms. The summed E-state index contributed by atoms with van der Waals surface area (Å²) in [6, 6.07) is 25.1. The lowest BCUT2D eigenvalue weighted by Crippen LogP contribution is -2.36. The van der Waals surface area contributed by atoms with E-state index in [1.54, 1.807) is 18.2 Å². The number of halogens is 1. The fraction of sp³-hybridized carbons (Fsp3) is 0.100. The van der Waals surface area contributed by atoms with Gasteiger partial charge in [0.2, 0.25) is 0 Å². The van der Waals surface area contributed by atoms with E-state index in [1.165, 1.54) is 0 Å². The summed E-state index contributed by atoms with van der Waals surface area (Å²) >= 11 is 6.47. The highest BCUT2D eigenvalue weighted by molar-refractivity contribution is 6.61. The van der Waals surface area contributed by atoms with Crippen molar-refractivity contribution in [3.05, 3.63) is 95.0 Å². The number of rotatable bonds is 8. The predicted octanol–water partition coefficient (Wildman–Crippen LogP) is 4.22. The molecule has 0 aromatic heterocycles. The van der Waals surface area contributed by atoms with Crippen LogP contribution in [0.15, 0.2) is 78.9 Å². The van der Waals surface area contributed by atoms with Gasteiger partial charge in [-0.2, -0.15) is 0 Å². The topological polar surface area (TPSA) is 62.2 Å². The van der Waals surface area contributed by atoms with Crippen molar-refractivity contribution in [1.29, 1.82) is 0 Å². The molecule has 0 radical (unpaired) electrons. The van der Waals surface area contributed by atoms with Gasteiger partial charge in [0.25, 0.3) is 0 Å². The molecule has 5 nitrogen and oxygen atoms in total. The Labute approximate surface area is 163 Å². The average Bonchev–Trinajstić information content (AvgIpc) is 2.71. The highest BCUT2D eigenvalue weighted by atomic mass is 35.5. The summed E-state index contributed by atoms with van der Waals surface area (Å²) in [6.45, 7) is 1.26. The van der Waals surface area contributed by atoms with Crippen molar-refractivity contribution in [2.24, 2.45) is 0 Å². The van der Waals surface area contributed by atoms with Gasteiger partial charge in [0.15, 0.2) is 0 Å². The van der Waals surface area contributed by atoms with Crippen LogP contribution in [0.1, 0.15) is 11.1 Å². The summed E-state index contributed by atoms with van der Waals surface area (Å²) in [4.78, 5) is 10.4. The normalized spacial score (nSPS) is 10.6. The minimum atomic E-state index is -1.31. The van der Waals surface area contributed by atoms with Crippen LogP contribution >= 0.6 is 11.6 Å². The molecule has 138 valence electrons. The molecule has 0 fully saturated rings. The summed E-state index contributed by atoms with van der Waals surface area (Å²) < 4.78 is 0. The van der Waals surface area contributed by atoms with Crippen molar-refractivity contribution >= 4 is 29.9 Å². The number of anilines is 1. The molecule has 0 heterocycles. The van der Waals surface area contributed by atoms with E-state index in [9.17, 15) is 0 Å². The van der Waals surface area contributed by atoms with Crippen molar-refractivity contribution in [2.45, 2.75) is 13.1 Å². The minimum absolute atomic E-state index is 0.436. The molecule has 3 aromatic rings. The van der Waals surface area contributed by atoms with E-state index in [1.807, 2.05) is 60.7 Å². The van der Waals surface area contributed by atoms with Gasteiger partial charge in [-0.15, -0.1) is 0 Å². The van der Waals surface area contributed by atoms with Crippen LogP contribution in [-0.2, 0) is 22.7 Å². The van der Waals surface area contributed by atoms with Crippen LogP contribution in [0.5, 0.6) is 0 Å². The first-order chi connectivity index (χ1) is 13.2. The first-order valence-electron chi connectivity index (χ1n) is 8.44. The van der Waals surface area contributed by atoms with Gasteiger partial charge in [-0.05, 0) is 28.7 Å². The third-order valence-corrected chi connectivity index (χ3v) is 4.53. The molecular weight excluding hydrogens is 364 g/mol. The van der Waals surface area contributed by atoms with Gasteiger partial charge < -0.3 is 4.90 Å². The molecule has 0 bridgehead atoms. The number of nitrogens with zero attached hydrogens (tertiary/aromatic N) is 1. The molecule has 0 aliphatic rings. The highest BCUT2D eigenvalue weighted by Gasteiger charge is 2.24. The van der Waals surface area contributed by atoms with E-state index in [0.29, 0.717) is 23.6 Å². The molecule has 0 saturated carbocycles. The Morgan fingerprint density at radius 1 is 0.778 bits per heavy atom. The second-order valence-corrected chi connectivity index (χ2v) is 6.49. The zero-order valence-electron chi connectivity index (χ0n) is 14.5. The number of benzene rings is 3. The fourth-order valence-corrected chi connectivity index (χ4v) is 3.13. The monoisotopic (exact) mass is 383 g/mol. The Morgan fingerprint density at radius 2 is 1.30 bits per heavy atom. The zero-order chi connectivity index (χ0) is 19.1. The smallest absolute Gasteiger partial charge is 0.362 e. The van der Waals surface area contributed by atoms with Crippen molar-refractivity contribution < 1.29 is 20.1 Å². The summed E-state index contributed by atoms with van der Waals surface area (Å²) in [5, 5.41) is 18.4. The molecule has 0 aliphatic carbocycles. The van der Waals surface area contributed by atoms with Gasteiger partial charge in [-0.25, -0.2) is 0 Å². The highest BCUT2D eigenvalue weighted by Crippen LogP contribution is 2.28. The van der Waals surface area contributed by atoms with Crippen LogP contribution in [0.25, 0.3) is 0 Å². The second kappa shape index (κ2) is 9.55. The molecule has 3 rings (SSSR count). The number of hydrogen-bond donors (Lipinski definition) is 2. The van der Waals surface area contributed by atoms with E-state index < -0.39 is 7.12 Å². The van der Waals surface area contributed by atoms with Crippen molar-refractivity contribution in [2.75, 3.05) is 4.90 Å². The lowest BCUT2D eigenvalue weighted by molar-refractivity contribution is -0.221. The van der Waals surface area contributed by atoms with Crippen LogP contribution in [0.4, 0.5) is 5.69 Å². The van der Waals surface area contributed by atoms with E-state index in [4.69, 9.17) is 22.1 Å². The Bertz CT molecular complexity index is 806. The first-order valence-corrected chi connectivity index (χ1v) is 8.81. The van der Waals surface area contributed by atoms with Gasteiger partial charge in [-0.3, -0.25) is 20.1 Å². The van der Waals surface area contributed by atoms with E-state index >= 15 is 0 Å². The lowest BCUT2D eigenvalue weighted by atomic mass is 9.79. The Balaban J connectivity index is 1.97. The standard InChI is InChI=1S/C20H19BClNO4/c22-19-12-11-18(21(26-24)27-25)13-20(19)23(14-16-7-3-1-4-8-16)15-17-9-5-2-6-10-17/h1-13,24-25H,14-15H2. The molecule has 2 N–H and O–H groups in total. The molecule has 7 heteroatoms. The Morgan fingerprint density at radius 3 is 1.78 bits per heavy atom. The number of hydrogen-bond acceptors (Lipinski definition) is 5. The molecule has 3 aromatic carbocycles. The molecular formula is C20H19BClNO4. The molecule has 0 aliphatic heterocycles. The molecule has 0 unspecified atom stereocenters.